The second-order valence-corrected chi connectivity index (χ2v) is 6.28. The van der Waals surface area contributed by atoms with Gasteiger partial charge in [0, 0.05) is 5.56 Å². The Kier molecular flexibility index (Phi) is 5.85. The highest BCUT2D eigenvalue weighted by atomic mass is 32.1. The van der Waals surface area contributed by atoms with Gasteiger partial charge >= 0.3 is 0 Å². The van der Waals surface area contributed by atoms with E-state index in [1.54, 1.807) is 29.1 Å². The third kappa shape index (κ3) is 4.26. The highest BCUT2D eigenvalue weighted by Crippen LogP contribution is 2.27. The van der Waals surface area contributed by atoms with Crippen LogP contribution in [0, 0.1) is 11.7 Å². The summed E-state index contributed by atoms with van der Waals surface area (Å²) in [5.74, 6) is 0.928. The molecule has 1 amide bonds. The lowest BCUT2D eigenvalue weighted by atomic mass is 10.1. The van der Waals surface area contributed by atoms with Gasteiger partial charge in [-0.1, -0.05) is 24.3 Å². The van der Waals surface area contributed by atoms with Crippen LogP contribution in [0.25, 0.3) is 11.4 Å². The van der Waals surface area contributed by atoms with Gasteiger partial charge in [0.1, 0.15) is 0 Å². The smallest absolute Gasteiger partial charge is 0.255 e. The number of nitrogens with one attached hydrogen (secondary N) is 1. The molecule has 1 heterocycles. The highest BCUT2D eigenvalue weighted by Gasteiger charge is 2.11. The number of nitrogens with two attached hydrogens (primary N) is 1. The standard InChI is InChI=1S/C19H19N5O3S/c1-12-5-3-4-6-14(12)18-22-23-19(28)24(18)21-10-13-7-8-15(16(9-13)26-2)27-11-17(20)25/h3-10H,11H2,1-2H3,(H2,20,25)(H,23,28)/b21-10+. The van der Waals surface area contributed by atoms with E-state index in [-0.39, 0.29) is 6.61 Å². The fourth-order valence-corrected chi connectivity index (χ4v) is 2.73. The number of ether oxygens (including phenoxy) is 2. The maximum Gasteiger partial charge on any atom is 0.255 e. The Morgan fingerprint density at radius 1 is 1.32 bits per heavy atom. The van der Waals surface area contributed by atoms with E-state index in [9.17, 15) is 4.79 Å². The second kappa shape index (κ2) is 8.49. The first kappa shape index (κ1) is 19.3. The van der Waals surface area contributed by atoms with Crippen molar-refractivity contribution in [2.45, 2.75) is 6.92 Å². The molecule has 3 rings (SSSR count). The van der Waals surface area contributed by atoms with Gasteiger partial charge in [-0.25, -0.2) is 5.10 Å². The van der Waals surface area contributed by atoms with Gasteiger partial charge in [-0.2, -0.15) is 14.9 Å². The van der Waals surface area contributed by atoms with Gasteiger partial charge in [0.25, 0.3) is 5.91 Å². The zero-order chi connectivity index (χ0) is 20.1. The molecule has 0 saturated carbocycles. The number of amides is 1. The number of aryl methyl sites for hydroxylation is 1. The van der Waals surface area contributed by atoms with E-state index in [0.29, 0.717) is 22.1 Å². The number of carbonyl (C=O) groups is 1. The number of nitrogens with zero attached hydrogens (tertiary/aromatic N) is 3. The van der Waals surface area contributed by atoms with Crippen molar-refractivity contribution >= 4 is 24.3 Å². The number of H-pyrrole nitrogens is 1. The first-order chi connectivity index (χ1) is 13.5. The van der Waals surface area contributed by atoms with Crippen molar-refractivity contribution in [3.63, 3.8) is 0 Å². The van der Waals surface area contributed by atoms with Crippen LogP contribution in [0.1, 0.15) is 11.1 Å². The third-order valence-corrected chi connectivity index (χ3v) is 4.18. The predicted octanol–water partition coefficient (Wildman–Crippen LogP) is 2.67. The maximum atomic E-state index is 10.9. The first-order valence-electron chi connectivity index (χ1n) is 8.36. The molecular formula is C19H19N5O3S. The van der Waals surface area contributed by atoms with Gasteiger partial charge in [-0.15, -0.1) is 0 Å². The molecule has 8 nitrogen and oxygen atoms in total. The molecule has 0 atom stereocenters. The summed E-state index contributed by atoms with van der Waals surface area (Å²) in [5.41, 5.74) is 7.85. The van der Waals surface area contributed by atoms with Crippen LogP contribution in [0.5, 0.6) is 11.5 Å². The number of primary amides is 1. The van der Waals surface area contributed by atoms with Gasteiger partial charge in [-0.05, 0) is 48.5 Å². The van der Waals surface area contributed by atoms with E-state index in [1.807, 2.05) is 31.2 Å². The van der Waals surface area contributed by atoms with Crippen LogP contribution >= 0.6 is 12.2 Å². The first-order valence-corrected chi connectivity index (χ1v) is 8.77. The molecule has 0 aliphatic carbocycles. The van der Waals surface area contributed by atoms with E-state index in [2.05, 4.69) is 15.3 Å². The summed E-state index contributed by atoms with van der Waals surface area (Å²) < 4.78 is 12.6. The Bertz CT molecular complexity index is 1090. The van der Waals surface area contributed by atoms with E-state index in [1.165, 1.54) is 7.11 Å². The molecule has 9 heteroatoms. The topological polar surface area (TPSA) is 108 Å². The summed E-state index contributed by atoms with van der Waals surface area (Å²) in [7, 11) is 1.51. The molecule has 3 N–H and O–H groups in total. The summed E-state index contributed by atoms with van der Waals surface area (Å²) >= 11 is 5.30. The highest BCUT2D eigenvalue weighted by molar-refractivity contribution is 7.71. The summed E-state index contributed by atoms with van der Waals surface area (Å²) in [6.07, 6.45) is 1.63. The van der Waals surface area contributed by atoms with Crippen molar-refractivity contribution in [1.82, 2.24) is 14.9 Å². The van der Waals surface area contributed by atoms with Crippen LogP contribution in [0.15, 0.2) is 47.6 Å². The average molecular weight is 397 g/mol. The lowest BCUT2D eigenvalue weighted by molar-refractivity contribution is -0.119. The number of benzene rings is 2. The monoisotopic (exact) mass is 397 g/mol. The SMILES string of the molecule is COc1cc(/C=N/n2c(-c3ccccc3C)n[nH]c2=S)ccc1OCC(N)=O. The normalized spacial score (nSPS) is 10.9. The van der Waals surface area contributed by atoms with Gasteiger partial charge in [0.15, 0.2) is 23.9 Å². The predicted molar refractivity (Wildman–Crippen MR) is 108 cm³/mol. The van der Waals surface area contributed by atoms with Crippen molar-refractivity contribution in [2.24, 2.45) is 10.8 Å². The Balaban J connectivity index is 1.91. The quantitative estimate of drug-likeness (QED) is 0.471. The van der Waals surface area contributed by atoms with Crippen molar-refractivity contribution in [3.8, 4) is 22.9 Å². The molecule has 0 saturated heterocycles. The summed E-state index contributed by atoms with van der Waals surface area (Å²) in [6, 6.07) is 13.0. The Morgan fingerprint density at radius 2 is 2.11 bits per heavy atom. The molecule has 0 aliphatic heterocycles. The number of hydrogen-bond donors (Lipinski definition) is 2. The van der Waals surface area contributed by atoms with Gasteiger partial charge in [0.05, 0.1) is 13.3 Å². The van der Waals surface area contributed by atoms with Crippen LogP contribution in [-0.2, 0) is 4.79 Å². The van der Waals surface area contributed by atoms with Crippen molar-refractivity contribution in [1.29, 1.82) is 0 Å². The molecule has 0 unspecified atom stereocenters. The molecule has 144 valence electrons. The number of rotatable bonds is 7. The minimum atomic E-state index is -0.564. The van der Waals surface area contributed by atoms with Gasteiger partial charge < -0.3 is 15.2 Å². The lowest BCUT2D eigenvalue weighted by Gasteiger charge is -2.09. The fourth-order valence-electron chi connectivity index (χ4n) is 2.55. The van der Waals surface area contributed by atoms with E-state index in [4.69, 9.17) is 27.4 Å². The lowest BCUT2D eigenvalue weighted by Crippen LogP contribution is -2.20. The number of aromatic amines is 1. The molecular weight excluding hydrogens is 378 g/mol. The second-order valence-electron chi connectivity index (χ2n) is 5.89. The van der Waals surface area contributed by atoms with Crippen molar-refractivity contribution in [3.05, 3.63) is 58.4 Å². The molecule has 0 spiro atoms. The average Bonchev–Trinajstić information content (AvgIpc) is 3.05. The van der Waals surface area contributed by atoms with E-state index < -0.39 is 5.91 Å². The molecule has 3 aromatic rings. The van der Waals surface area contributed by atoms with Crippen LogP contribution < -0.4 is 15.2 Å². The van der Waals surface area contributed by atoms with Crippen LogP contribution in [0.3, 0.4) is 0 Å². The van der Waals surface area contributed by atoms with Crippen LogP contribution in [0.4, 0.5) is 0 Å². The van der Waals surface area contributed by atoms with Crippen molar-refractivity contribution in [2.75, 3.05) is 13.7 Å². The summed E-state index contributed by atoms with van der Waals surface area (Å²) in [5, 5.41) is 11.5. The minimum absolute atomic E-state index is 0.228. The van der Waals surface area contributed by atoms with Crippen LogP contribution in [0.2, 0.25) is 0 Å². The number of carbonyl (C=O) groups excluding carboxylic acids is 1. The van der Waals surface area contributed by atoms with Crippen molar-refractivity contribution < 1.29 is 14.3 Å². The number of hydrogen-bond acceptors (Lipinski definition) is 6. The molecule has 0 aliphatic rings. The third-order valence-electron chi connectivity index (χ3n) is 3.92. The molecule has 2 aromatic carbocycles. The summed E-state index contributed by atoms with van der Waals surface area (Å²) in [6.45, 7) is 1.77. The van der Waals surface area contributed by atoms with Gasteiger partial charge in [0.2, 0.25) is 4.77 Å². The number of methoxy groups -OCH3 is 1. The van der Waals surface area contributed by atoms with Crippen LogP contribution in [-0.4, -0.2) is 40.7 Å². The van der Waals surface area contributed by atoms with E-state index >= 15 is 0 Å². The summed E-state index contributed by atoms with van der Waals surface area (Å²) in [4.78, 5) is 10.9. The zero-order valence-corrected chi connectivity index (χ0v) is 16.2. The number of aromatic nitrogens is 3. The molecule has 0 fully saturated rings. The largest absolute Gasteiger partial charge is 0.493 e. The zero-order valence-electron chi connectivity index (χ0n) is 15.4. The van der Waals surface area contributed by atoms with Gasteiger partial charge in [-0.3, -0.25) is 4.79 Å². The molecule has 0 bridgehead atoms. The molecule has 0 radical (unpaired) electrons. The minimum Gasteiger partial charge on any atom is -0.493 e. The fraction of sp³-hybridized carbons (Fsp3) is 0.158. The Hall–Kier alpha value is -3.46. The Labute approximate surface area is 166 Å². The Morgan fingerprint density at radius 3 is 2.82 bits per heavy atom. The molecule has 28 heavy (non-hydrogen) atoms. The maximum absolute atomic E-state index is 10.9. The molecule has 1 aromatic heterocycles. The van der Waals surface area contributed by atoms with E-state index in [0.717, 1.165) is 16.7 Å².